The molecule has 0 bridgehead atoms. The van der Waals surface area contributed by atoms with Crippen LogP contribution in [0, 0.1) is 0 Å². The van der Waals surface area contributed by atoms with Crippen LogP contribution in [0.1, 0.15) is 18.5 Å². The highest BCUT2D eigenvalue weighted by Gasteiger charge is 2.12. The first-order valence-corrected chi connectivity index (χ1v) is 7.89. The zero-order chi connectivity index (χ0) is 15.1. The lowest BCUT2D eigenvalue weighted by molar-refractivity contribution is -0.698. The van der Waals surface area contributed by atoms with Gasteiger partial charge in [-0.1, -0.05) is 46.3 Å². The van der Waals surface area contributed by atoms with E-state index in [9.17, 15) is 5.11 Å². The van der Waals surface area contributed by atoms with Gasteiger partial charge in [-0.2, -0.15) is 0 Å². The number of halogens is 1. The van der Waals surface area contributed by atoms with Crippen molar-refractivity contribution in [3.05, 3.63) is 64.6 Å². The van der Waals surface area contributed by atoms with Crippen LogP contribution in [0.15, 0.2) is 59.1 Å². The largest absolute Gasteiger partial charge is 0.491 e. The average molecular weight is 351 g/mol. The van der Waals surface area contributed by atoms with E-state index in [2.05, 4.69) is 40.3 Å². The number of benzene rings is 2. The van der Waals surface area contributed by atoms with Crippen molar-refractivity contribution in [3.8, 4) is 5.75 Å². The summed E-state index contributed by atoms with van der Waals surface area (Å²) in [7, 11) is 0. The van der Waals surface area contributed by atoms with Crippen molar-refractivity contribution in [1.82, 2.24) is 0 Å². The minimum atomic E-state index is -0.486. The van der Waals surface area contributed by atoms with Crippen molar-refractivity contribution < 1.29 is 15.2 Å². The Morgan fingerprint density at radius 2 is 1.76 bits per heavy atom. The number of hydrogen-bond donors (Lipinski definition) is 2. The quantitative estimate of drug-likeness (QED) is 0.805. The molecule has 3 N–H and O–H groups in total. The third-order valence-electron chi connectivity index (χ3n) is 3.34. The van der Waals surface area contributed by atoms with E-state index in [0.717, 1.165) is 10.2 Å². The van der Waals surface area contributed by atoms with Crippen molar-refractivity contribution in [2.24, 2.45) is 0 Å². The predicted molar refractivity (Wildman–Crippen MR) is 87.3 cm³/mol. The summed E-state index contributed by atoms with van der Waals surface area (Å²) in [6.07, 6.45) is -0.486. The topological polar surface area (TPSA) is 46.1 Å². The number of aliphatic hydroxyl groups excluding tert-OH is 1. The standard InChI is InChI=1S/C17H20BrNO2/c1-13(14-5-3-2-4-6-14)19-11-16(20)12-21-17-9-7-15(18)8-10-17/h2-10,13,16,19-20H,11-12H2,1H3/p+1/t13-,16-/m0/s1. The molecular formula is C17H21BrNO2+. The van der Waals surface area contributed by atoms with E-state index >= 15 is 0 Å². The van der Waals surface area contributed by atoms with Gasteiger partial charge in [0.05, 0.1) is 0 Å². The van der Waals surface area contributed by atoms with Gasteiger partial charge in [0, 0.05) is 10.0 Å². The Morgan fingerprint density at radius 1 is 1.10 bits per heavy atom. The molecule has 2 atom stereocenters. The van der Waals surface area contributed by atoms with E-state index in [4.69, 9.17) is 4.74 Å². The maximum atomic E-state index is 10.00. The molecule has 0 radical (unpaired) electrons. The van der Waals surface area contributed by atoms with Crippen molar-refractivity contribution >= 4 is 15.9 Å². The van der Waals surface area contributed by atoms with Crippen molar-refractivity contribution in [1.29, 1.82) is 0 Å². The van der Waals surface area contributed by atoms with Crippen LogP contribution in [-0.2, 0) is 0 Å². The molecule has 0 spiro atoms. The molecule has 2 aromatic rings. The highest BCUT2D eigenvalue weighted by atomic mass is 79.9. The van der Waals surface area contributed by atoms with Gasteiger partial charge in [-0.3, -0.25) is 0 Å². The molecule has 0 amide bonds. The van der Waals surface area contributed by atoms with Crippen LogP contribution in [0.3, 0.4) is 0 Å². The molecule has 0 aliphatic rings. The maximum Gasteiger partial charge on any atom is 0.137 e. The summed E-state index contributed by atoms with van der Waals surface area (Å²) in [5.41, 5.74) is 1.26. The molecule has 112 valence electrons. The van der Waals surface area contributed by atoms with Gasteiger partial charge in [0.1, 0.15) is 31.0 Å². The van der Waals surface area contributed by atoms with Crippen LogP contribution in [-0.4, -0.2) is 24.4 Å². The molecule has 0 heterocycles. The summed E-state index contributed by atoms with van der Waals surface area (Å²) < 4.78 is 6.58. The minimum absolute atomic E-state index is 0.305. The van der Waals surface area contributed by atoms with Crippen LogP contribution >= 0.6 is 15.9 Å². The van der Waals surface area contributed by atoms with Crippen LogP contribution in [0.5, 0.6) is 5.75 Å². The second-order valence-corrected chi connectivity index (χ2v) is 6.01. The van der Waals surface area contributed by atoms with E-state index in [0.29, 0.717) is 19.2 Å². The van der Waals surface area contributed by atoms with E-state index in [1.54, 1.807) is 0 Å². The number of nitrogens with two attached hydrogens (primary N) is 1. The Balaban J connectivity index is 1.72. The molecule has 0 aliphatic carbocycles. The van der Waals surface area contributed by atoms with Gasteiger partial charge in [-0.15, -0.1) is 0 Å². The molecule has 21 heavy (non-hydrogen) atoms. The van der Waals surface area contributed by atoms with E-state index < -0.39 is 6.10 Å². The first-order valence-electron chi connectivity index (χ1n) is 7.10. The molecule has 0 saturated heterocycles. The Morgan fingerprint density at radius 3 is 2.43 bits per heavy atom. The molecule has 3 nitrogen and oxygen atoms in total. The van der Waals surface area contributed by atoms with Crippen LogP contribution in [0.4, 0.5) is 0 Å². The first kappa shape index (κ1) is 16.0. The second-order valence-electron chi connectivity index (χ2n) is 5.09. The van der Waals surface area contributed by atoms with Gasteiger partial charge in [-0.05, 0) is 31.2 Å². The fraction of sp³-hybridized carbons (Fsp3) is 0.294. The molecule has 0 aromatic heterocycles. The van der Waals surface area contributed by atoms with Crippen LogP contribution < -0.4 is 10.1 Å². The molecule has 0 aliphatic heterocycles. The fourth-order valence-electron chi connectivity index (χ4n) is 2.05. The number of aliphatic hydroxyl groups is 1. The minimum Gasteiger partial charge on any atom is -0.491 e. The Hall–Kier alpha value is -1.36. The van der Waals surface area contributed by atoms with Gasteiger partial charge in [-0.25, -0.2) is 0 Å². The summed E-state index contributed by atoms with van der Waals surface area (Å²) in [6.45, 7) is 3.06. The predicted octanol–water partition coefficient (Wildman–Crippen LogP) is 2.51. The molecule has 2 rings (SSSR count). The Labute approximate surface area is 134 Å². The summed E-state index contributed by atoms with van der Waals surface area (Å²) in [4.78, 5) is 0. The Bertz CT molecular complexity index is 530. The van der Waals surface area contributed by atoms with E-state index in [1.165, 1.54) is 5.56 Å². The Kier molecular flexibility index (Phi) is 6.23. The maximum absolute atomic E-state index is 10.00. The normalized spacial score (nSPS) is 13.7. The number of ether oxygens (including phenoxy) is 1. The van der Waals surface area contributed by atoms with Gasteiger partial charge >= 0.3 is 0 Å². The summed E-state index contributed by atoms with van der Waals surface area (Å²) in [5.74, 6) is 0.772. The third kappa shape index (κ3) is 5.50. The van der Waals surface area contributed by atoms with Gasteiger partial charge in [0.15, 0.2) is 0 Å². The lowest BCUT2D eigenvalue weighted by atomic mass is 10.1. The van der Waals surface area contributed by atoms with Gasteiger partial charge in [0.25, 0.3) is 0 Å². The zero-order valence-corrected chi connectivity index (χ0v) is 13.7. The average Bonchev–Trinajstić information content (AvgIpc) is 2.53. The van der Waals surface area contributed by atoms with Crippen molar-refractivity contribution in [2.75, 3.05) is 13.2 Å². The summed E-state index contributed by atoms with van der Waals surface area (Å²) >= 11 is 3.38. The fourth-order valence-corrected chi connectivity index (χ4v) is 2.31. The molecule has 0 saturated carbocycles. The summed E-state index contributed by atoms with van der Waals surface area (Å²) in [6, 6.07) is 18.2. The van der Waals surface area contributed by atoms with E-state index in [-0.39, 0.29) is 0 Å². The number of rotatable bonds is 7. The monoisotopic (exact) mass is 350 g/mol. The zero-order valence-electron chi connectivity index (χ0n) is 12.1. The van der Waals surface area contributed by atoms with Crippen molar-refractivity contribution in [2.45, 2.75) is 19.1 Å². The lowest BCUT2D eigenvalue weighted by Crippen LogP contribution is -2.87. The third-order valence-corrected chi connectivity index (χ3v) is 3.87. The smallest absolute Gasteiger partial charge is 0.137 e. The van der Waals surface area contributed by atoms with Gasteiger partial charge < -0.3 is 15.2 Å². The van der Waals surface area contributed by atoms with Crippen LogP contribution in [0.2, 0.25) is 0 Å². The number of hydrogen-bond acceptors (Lipinski definition) is 2. The highest BCUT2D eigenvalue weighted by molar-refractivity contribution is 9.10. The van der Waals surface area contributed by atoms with Crippen LogP contribution in [0.25, 0.3) is 0 Å². The highest BCUT2D eigenvalue weighted by Crippen LogP contribution is 2.16. The van der Waals surface area contributed by atoms with E-state index in [1.807, 2.05) is 42.5 Å². The molecular weight excluding hydrogens is 330 g/mol. The lowest BCUT2D eigenvalue weighted by Gasteiger charge is -2.15. The second kappa shape index (κ2) is 8.17. The van der Waals surface area contributed by atoms with Crippen molar-refractivity contribution in [3.63, 3.8) is 0 Å². The molecule has 2 aromatic carbocycles. The van der Waals surface area contributed by atoms with Gasteiger partial charge in [0.2, 0.25) is 0 Å². The molecule has 4 heteroatoms. The molecule has 0 unspecified atom stereocenters. The first-order chi connectivity index (χ1) is 10.1. The summed E-state index contributed by atoms with van der Waals surface area (Å²) in [5, 5.41) is 12.1. The molecule has 0 fully saturated rings. The number of quaternary nitrogens is 1. The SMILES string of the molecule is C[C@H]([NH2+]C[C@H](O)COc1ccc(Br)cc1)c1ccccc1.